The summed E-state index contributed by atoms with van der Waals surface area (Å²) < 4.78 is 9.02. The largest absolute Gasteiger partial charge is 0.495 e. The Hall–Kier alpha value is -4.46. The second-order valence-electron chi connectivity index (χ2n) is 8.27. The number of benzene rings is 3. The number of methoxy groups -OCH3 is 1. The maximum atomic E-state index is 13.5. The molecule has 0 aliphatic rings. The third kappa shape index (κ3) is 4.38. The van der Waals surface area contributed by atoms with E-state index in [0.29, 0.717) is 18.1 Å². The molecule has 2 aromatic heterocycles. The van der Waals surface area contributed by atoms with Gasteiger partial charge in [0.2, 0.25) is 0 Å². The lowest BCUT2D eigenvalue weighted by molar-refractivity contribution is 0.412. The Kier molecular flexibility index (Phi) is 6.26. The van der Waals surface area contributed by atoms with Crippen LogP contribution in [0.4, 0.5) is 0 Å². The maximum Gasteiger partial charge on any atom is 0.333 e. The Morgan fingerprint density at radius 2 is 1.69 bits per heavy atom. The zero-order valence-electron chi connectivity index (χ0n) is 19.7. The molecule has 0 aliphatic carbocycles. The normalized spacial score (nSPS) is 11.0. The molecule has 176 valence electrons. The van der Waals surface area contributed by atoms with Crippen LogP contribution in [0.5, 0.6) is 5.75 Å². The van der Waals surface area contributed by atoms with Gasteiger partial charge in [-0.1, -0.05) is 74.0 Å². The van der Waals surface area contributed by atoms with Crippen LogP contribution in [0.15, 0.2) is 83.8 Å². The number of rotatable bonds is 8. The Morgan fingerprint density at radius 1 is 0.943 bits per heavy atom. The monoisotopic (exact) mass is 466 g/mol. The van der Waals surface area contributed by atoms with Crippen molar-refractivity contribution in [3.63, 3.8) is 0 Å². The summed E-state index contributed by atoms with van der Waals surface area (Å²) in [6, 6.07) is 23.8. The third-order valence-corrected chi connectivity index (χ3v) is 6.05. The van der Waals surface area contributed by atoms with E-state index >= 15 is 0 Å². The second-order valence-corrected chi connectivity index (χ2v) is 8.27. The van der Waals surface area contributed by atoms with E-state index in [1.165, 1.54) is 0 Å². The van der Waals surface area contributed by atoms with Crippen molar-refractivity contribution in [2.24, 2.45) is 0 Å². The summed E-state index contributed by atoms with van der Waals surface area (Å²) in [7, 11) is 1.62. The molecule has 0 fully saturated rings. The van der Waals surface area contributed by atoms with Crippen LogP contribution in [-0.2, 0) is 13.0 Å². The Balaban J connectivity index is 1.48. The molecule has 8 nitrogen and oxygen atoms in total. The van der Waals surface area contributed by atoms with Crippen molar-refractivity contribution in [1.29, 1.82) is 0 Å². The summed E-state index contributed by atoms with van der Waals surface area (Å²) in [4.78, 5) is 13.5. The Bertz CT molecular complexity index is 1480. The highest BCUT2D eigenvalue weighted by Gasteiger charge is 2.16. The van der Waals surface area contributed by atoms with Crippen LogP contribution in [-0.4, -0.2) is 36.9 Å². The van der Waals surface area contributed by atoms with Gasteiger partial charge in [0, 0.05) is 17.5 Å². The quantitative estimate of drug-likeness (QED) is 0.364. The smallest absolute Gasteiger partial charge is 0.333 e. The van der Waals surface area contributed by atoms with Crippen molar-refractivity contribution < 1.29 is 4.74 Å². The van der Waals surface area contributed by atoms with Gasteiger partial charge in [-0.2, -0.15) is 0 Å². The summed E-state index contributed by atoms with van der Waals surface area (Å²) in [5, 5.41) is 14.3. The number of nitrogens with one attached hydrogen (secondary N) is 1. The maximum absolute atomic E-state index is 13.5. The van der Waals surface area contributed by atoms with Crippen molar-refractivity contribution in [3.05, 3.63) is 101 Å². The number of H-pyrrole nitrogens is 1. The van der Waals surface area contributed by atoms with Gasteiger partial charge < -0.3 is 4.74 Å². The number of tetrazole rings is 1. The van der Waals surface area contributed by atoms with E-state index in [4.69, 9.17) is 4.74 Å². The summed E-state index contributed by atoms with van der Waals surface area (Å²) in [6.07, 6.45) is 3.69. The lowest BCUT2D eigenvalue weighted by Crippen LogP contribution is -2.25. The first kappa shape index (κ1) is 22.3. The van der Waals surface area contributed by atoms with E-state index in [1.807, 2.05) is 59.3 Å². The molecule has 35 heavy (non-hydrogen) atoms. The summed E-state index contributed by atoms with van der Waals surface area (Å²) in [5.41, 5.74) is 5.72. The highest BCUT2D eigenvalue weighted by atomic mass is 16.5. The van der Waals surface area contributed by atoms with Gasteiger partial charge in [-0.3, -0.25) is 9.13 Å². The first-order chi connectivity index (χ1) is 17.2. The second kappa shape index (κ2) is 9.80. The molecule has 3 aromatic carbocycles. The zero-order chi connectivity index (χ0) is 24.2. The van der Waals surface area contributed by atoms with Crippen molar-refractivity contribution in [2.45, 2.75) is 26.3 Å². The number of aryl methyl sites for hydroxylation is 1. The lowest BCUT2D eigenvalue weighted by atomic mass is 9.98. The first-order valence-electron chi connectivity index (χ1n) is 11.6. The van der Waals surface area contributed by atoms with Gasteiger partial charge in [-0.15, -0.1) is 5.10 Å². The molecule has 2 heterocycles. The van der Waals surface area contributed by atoms with Gasteiger partial charge in [0.1, 0.15) is 5.75 Å². The molecular formula is C27H26N6O2. The summed E-state index contributed by atoms with van der Waals surface area (Å²) in [5.74, 6) is 1.29. The van der Waals surface area contributed by atoms with E-state index in [2.05, 4.69) is 51.8 Å². The molecule has 0 atom stereocenters. The third-order valence-electron chi connectivity index (χ3n) is 6.05. The van der Waals surface area contributed by atoms with Gasteiger partial charge in [-0.25, -0.2) is 9.89 Å². The van der Waals surface area contributed by atoms with Gasteiger partial charge in [0.15, 0.2) is 5.82 Å². The molecule has 0 spiro atoms. The van der Waals surface area contributed by atoms with E-state index in [9.17, 15) is 4.79 Å². The molecule has 0 saturated carbocycles. The van der Waals surface area contributed by atoms with Crippen LogP contribution in [0.25, 0.3) is 28.2 Å². The van der Waals surface area contributed by atoms with Gasteiger partial charge >= 0.3 is 5.69 Å². The van der Waals surface area contributed by atoms with E-state index in [1.54, 1.807) is 11.7 Å². The van der Waals surface area contributed by atoms with Gasteiger partial charge in [0.25, 0.3) is 0 Å². The molecule has 5 aromatic rings. The fourth-order valence-corrected chi connectivity index (χ4v) is 4.34. The number of hydrogen-bond acceptors (Lipinski definition) is 5. The molecule has 0 aliphatic heterocycles. The van der Waals surface area contributed by atoms with E-state index in [-0.39, 0.29) is 5.69 Å². The van der Waals surface area contributed by atoms with Crippen LogP contribution >= 0.6 is 0 Å². The highest BCUT2D eigenvalue weighted by Crippen LogP contribution is 2.30. The first-order valence-corrected chi connectivity index (χ1v) is 11.6. The van der Waals surface area contributed by atoms with Gasteiger partial charge in [-0.05, 0) is 45.7 Å². The predicted molar refractivity (Wildman–Crippen MR) is 135 cm³/mol. The Morgan fingerprint density at radius 3 is 2.40 bits per heavy atom. The van der Waals surface area contributed by atoms with Crippen molar-refractivity contribution in [3.8, 4) is 34.0 Å². The standard InChI is InChI=1S/C27H26N6O2/c1-3-8-21-18-33(24-11-6-7-12-25(24)35-2)27(34)32(21)17-19-13-15-20(16-14-19)22-9-4-5-10-23(22)26-28-30-31-29-26/h4-7,9-16,18H,3,8,17H2,1-2H3,(H,28,29,30,31). The van der Waals surface area contributed by atoms with Crippen LogP contribution in [0.1, 0.15) is 24.6 Å². The SMILES string of the molecule is CCCc1cn(-c2ccccc2OC)c(=O)n1Cc1ccc(-c2ccccc2-c2nnn[nH]2)cc1. The molecular weight excluding hydrogens is 440 g/mol. The van der Waals surface area contributed by atoms with Crippen LogP contribution in [0, 0.1) is 0 Å². The molecule has 0 unspecified atom stereocenters. The fourth-order valence-electron chi connectivity index (χ4n) is 4.34. The summed E-state index contributed by atoms with van der Waals surface area (Å²) >= 11 is 0. The average molecular weight is 467 g/mol. The topological polar surface area (TPSA) is 90.6 Å². The van der Waals surface area contributed by atoms with Crippen molar-refractivity contribution in [1.82, 2.24) is 29.8 Å². The van der Waals surface area contributed by atoms with Crippen LogP contribution in [0.2, 0.25) is 0 Å². The van der Waals surface area contributed by atoms with Crippen molar-refractivity contribution >= 4 is 0 Å². The fraction of sp³-hybridized carbons (Fsp3) is 0.185. The molecule has 0 bridgehead atoms. The highest BCUT2D eigenvalue weighted by molar-refractivity contribution is 5.80. The molecule has 0 radical (unpaired) electrons. The predicted octanol–water partition coefficient (Wildman–Crippen LogP) is 4.50. The number of nitrogens with zero attached hydrogens (tertiary/aromatic N) is 5. The van der Waals surface area contributed by atoms with Crippen LogP contribution < -0.4 is 10.4 Å². The van der Waals surface area contributed by atoms with E-state index < -0.39 is 0 Å². The minimum atomic E-state index is -0.0785. The molecule has 0 saturated heterocycles. The van der Waals surface area contributed by atoms with Gasteiger partial charge in [0.05, 0.1) is 19.3 Å². The zero-order valence-corrected chi connectivity index (χ0v) is 19.7. The van der Waals surface area contributed by atoms with E-state index in [0.717, 1.165) is 46.5 Å². The number of aromatic amines is 1. The molecule has 1 N–H and O–H groups in total. The molecule has 8 heteroatoms. The van der Waals surface area contributed by atoms with Crippen molar-refractivity contribution in [2.75, 3.05) is 7.11 Å². The number of imidazole rings is 1. The minimum Gasteiger partial charge on any atom is -0.495 e. The Labute approximate surface area is 202 Å². The number of ether oxygens (including phenoxy) is 1. The summed E-state index contributed by atoms with van der Waals surface area (Å²) in [6.45, 7) is 2.61. The number of para-hydroxylation sites is 2. The number of aromatic nitrogens is 6. The molecule has 0 amide bonds. The molecule has 5 rings (SSSR count). The average Bonchev–Trinajstić information content (AvgIpc) is 3.54. The minimum absolute atomic E-state index is 0.0785. The lowest BCUT2D eigenvalue weighted by Gasteiger charge is -2.10. The van der Waals surface area contributed by atoms with Crippen LogP contribution in [0.3, 0.4) is 0 Å². The number of hydrogen-bond donors (Lipinski definition) is 1.